The molecule has 0 amide bonds. The molecule has 0 atom stereocenters. The Morgan fingerprint density at radius 2 is 1.60 bits per heavy atom. The number of rotatable bonds is 0. The Hall–Kier alpha value is 1.38. The number of hydrogen-bond acceptors (Lipinski definition) is 0. The summed E-state index contributed by atoms with van der Waals surface area (Å²) in [6.07, 6.45) is 7.63. The molecule has 0 heterocycles. The summed E-state index contributed by atoms with van der Waals surface area (Å²) in [4.78, 5) is 0. The second kappa shape index (κ2) is 13.0. The molecule has 0 radical (unpaired) electrons. The zero-order valence-corrected chi connectivity index (χ0v) is 10.5. The summed E-state index contributed by atoms with van der Waals surface area (Å²) < 4.78 is 1.52. The third-order valence-electron chi connectivity index (χ3n) is 0.752. The van der Waals surface area contributed by atoms with Crippen LogP contribution in [0.4, 0.5) is 0 Å². The van der Waals surface area contributed by atoms with Gasteiger partial charge >= 0.3 is 49.5 Å². The van der Waals surface area contributed by atoms with Gasteiger partial charge in [0.05, 0.1) is 0 Å². The van der Waals surface area contributed by atoms with Crippen molar-refractivity contribution in [3.8, 4) is 0 Å². The van der Waals surface area contributed by atoms with Crippen LogP contribution < -0.4 is 0 Å². The van der Waals surface area contributed by atoms with Crippen LogP contribution >= 0.6 is 49.6 Å². The van der Waals surface area contributed by atoms with E-state index in [-0.39, 0.29) is 49.6 Å². The molecule has 62 valence electrons. The van der Waals surface area contributed by atoms with Gasteiger partial charge in [-0.15, -0.1) is 49.6 Å². The molecule has 0 aliphatic heterocycles. The number of allylic oxidation sites excluding steroid dienone is 4. The Balaban J connectivity index is -0.0000000450. The Bertz CT molecular complexity index is 110. The van der Waals surface area contributed by atoms with E-state index in [0.717, 1.165) is 0 Å². The van der Waals surface area contributed by atoms with Crippen LogP contribution in [0.5, 0.6) is 0 Å². The van der Waals surface area contributed by atoms with Gasteiger partial charge in [-0.2, -0.15) is 0 Å². The van der Waals surface area contributed by atoms with Crippen LogP contribution in [0, 0.1) is 0 Å². The Morgan fingerprint density at radius 3 is 1.70 bits per heavy atom. The minimum atomic E-state index is 0. The van der Waals surface area contributed by atoms with Crippen molar-refractivity contribution in [2.45, 2.75) is 6.42 Å². The molecule has 1 rings (SSSR count). The Morgan fingerprint density at radius 1 is 1.10 bits per heavy atom. The van der Waals surface area contributed by atoms with E-state index in [1.807, 2.05) is 21.1 Å². The van der Waals surface area contributed by atoms with Crippen molar-refractivity contribution >= 4 is 49.6 Å². The van der Waals surface area contributed by atoms with Crippen molar-refractivity contribution in [2.24, 2.45) is 0 Å². The first-order valence-electron chi connectivity index (χ1n) is 1.94. The molecule has 0 aromatic heterocycles. The summed E-state index contributed by atoms with van der Waals surface area (Å²) >= 11 is 1.82. The second-order valence-corrected chi connectivity index (χ2v) is 2.70. The average molecular weight is 304 g/mol. The fourth-order valence-corrected chi connectivity index (χ4v) is 0.907. The van der Waals surface area contributed by atoms with Gasteiger partial charge in [-0.1, -0.05) is 0 Å². The SMILES string of the molecule is Cl.Cl.Cl.Cl.[Nb][C]1=CC=CC1. The van der Waals surface area contributed by atoms with E-state index in [4.69, 9.17) is 0 Å². The normalized spacial score (nSPS) is 11.0. The van der Waals surface area contributed by atoms with Gasteiger partial charge in [0.15, 0.2) is 0 Å². The molecule has 1 aliphatic rings. The fourth-order valence-electron chi connectivity index (χ4n) is 0.436. The standard InChI is InChI=1S/C5H5.4ClH.Nb/c1-2-4-5-3-1;;;;;/h1-3H,4H2;4*1H;. The maximum atomic E-state index is 2.17. The first-order valence-corrected chi connectivity index (χ1v) is 3.04. The van der Waals surface area contributed by atoms with Gasteiger partial charge in [-0.25, -0.2) is 0 Å². The van der Waals surface area contributed by atoms with Crippen molar-refractivity contribution in [3.63, 3.8) is 0 Å². The zero-order chi connectivity index (χ0) is 4.41. The third kappa shape index (κ3) is 9.38. The Kier molecular flexibility index (Phi) is 29.3. The fraction of sp³-hybridized carbons (Fsp3) is 0.200. The molecule has 0 saturated heterocycles. The van der Waals surface area contributed by atoms with Crippen LogP contribution in [0.15, 0.2) is 22.0 Å². The Labute approximate surface area is 98.5 Å². The van der Waals surface area contributed by atoms with Crippen LogP contribution in [0.2, 0.25) is 0 Å². The topological polar surface area (TPSA) is 0 Å². The van der Waals surface area contributed by atoms with Crippen LogP contribution in [-0.2, 0) is 21.1 Å². The van der Waals surface area contributed by atoms with E-state index >= 15 is 0 Å². The van der Waals surface area contributed by atoms with E-state index < -0.39 is 0 Å². The summed E-state index contributed by atoms with van der Waals surface area (Å²) in [6, 6.07) is 0. The molecule has 0 unspecified atom stereocenters. The molecule has 0 aromatic carbocycles. The van der Waals surface area contributed by atoms with Gasteiger partial charge in [-0.05, 0) is 0 Å². The molecular formula is C5H9Cl4Nb. The summed E-state index contributed by atoms with van der Waals surface area (Å²) in [6.45, 7) is 0. The average Bonchev–Trinajstić information content (AvgIpc) is 1.86. The van der Waals surface area contributed by atoms with Gasteiger partial charge in [-0.3, -0.25) is 0 Å². The monoisotopic (exact) mass is 302 g/mol. The molecule has 0 N–H and O–H groups in total. The first-order chi connectivity index (χ1) is 2.89. The predicted octanol–water partition coefficient (Wildman–Crippen LogP) is 3.06. The van der Waals surface area contributed by atoms with E-state index in [9.17, 15) is 0 Å². The number of hydrogen-bond donors (Lipinski definition) is 0. The second-order valence-electron chi connectivity index (χ2n) is 1.29. The third-order valence-corrected chi connectivity index (χ3v) is 1.57. The minimum absolute atomic E-state index is 0. The molecule has 0 aromatic rings. The van der Waals surface area contributed by atoms with Gasteiger partial charge < -0.3 is 0 Å². The molecule has 0 saturated carbocycles. The van der Waals surface area contributed by atoms with Crippen molar-refractivity contribution in [2.75, 3.05) is 0 Å². The first kappa shape index (κ1) is 22.5. The van der Waals surface area contributed by atoms with E-state index in [2.05, 4.69) is 18.2 Å². The summed E-state index contributed by atoms with van der Waals surface area (Å²) in [5, 5.41) is 0. The van der Waals surface area contributed by atoms with Crippen LogP contribution in [0.3, 0.4) is 0 Å². The van der Waals surface area contributed by atoms with Crippen molar-refractivity contribution in [1.82, 2.24) is 0 Å². The van der Waals surface area contributed by atoms with Gasteiger partial charge in [0.2, 0.25) is 0 Å². The van der Waals surface area contributed by atoms with E-state index in [0.29, 0.717) is 0 Å². The van der Waals surface area contributed by atoms with Gasteiger partial charge in [0.1, 0.15) is 0 Å². The van der Waals surface area contributed by atoms with Crippen LogP contribution in [0.25, 0.3) is 0 Å². The number of halogens is 4. The molecular weight excluding hydrogens is 295 g/mol. The van der Waals surface area contributed by atoms with Gasteiger partial charge in [0.25, 0.3) is 0 Å². The molecule has 1 aliphatic carbocycles. The summed E-state index contributed by atoms with van der Waals surface area (Å²) in [5.41, 5.74) is 0. The quantitative estimate of drug-likeness (QED) is 0.603. The molecule has 0 fully saturated rings. The molecule has 0 spiro atoms. The molecule has 10 heavy (non-hydrogen) atoms. The van der Waals surface area contributed by atoms with Crippen molar-refractivity contribution < 1.29 is 21.1 Å². The molecule has 0 nitrogen and oxygen atoms in total. The van der Waals surface area contributed by atoms with Crippen LogP contribution in [-0.4, -0.2) is 0 Å². The van der Waals surface area contributed by atoms with Crippen molar-refractivity contribution in [1.29, 1.82) is 0 Å². The van der Waals surface area contributed by atoms with E-state index in [1.165, 1.54) is 10.2 Å². The van der Waals surface area contributed by atoms with Crippen LogP contribution in [0.1, 0.15) is 6.42 Å². The zero-order valence-electron chi connectivity index (χ0n) is 5.02. The molecule has 5 heteroatoms. The van der Waals surface area contributed by atoms with Crippen molar-refractivity contribution in [3.05, 3.63) is 22.0 Å². The van der Waals surface area contributed by atoms with Gasteiger partial charge in [0, 0.05) is 0 Å². The molecule has 0 bridgehead atoms. The maximum absolute atomic E-state index is 2.17. The summed E-state index contributed by atoms with van der Waals surface area (Å²) in [5.74, 6) is 0. The summed E-state index contributed by atoms with van der Waals surface area (Å²) in [7, 11) is 0. The van der Waals surface area contributed by atoms with E-state index in [1.54, 1.807) is 0 Å². The predicted molar refractivity (Wildman–Crippen MR) is 50.8 cm³/mol.